The summed E-state index contributed by atoms with van der Waals surface area (Å²) in [7, 11) is 0. The van der Waals surface area contributed by atoms with Gasteiger partial charge in [-0.1, -0.05) is 29.2 Å². The molecule has 2 aromatic rings. The number of anilines is 2. The largest absolute Gasteiger partial charge is 0.337 e. The zero-order valence-electron chi connectivity index (χ0n) is 15.0. The van der Waals surface area contributed by atoms with Crippen LogP contribution in [0.3, 0.4) is 0 Å². The maximum absolute atomic E-state index is 12.1. The Morgan fingerprint density at radius 2 is 2.15 bits per heavy atom. The molecular weight excluding hydrogens is 366 g/mol. The lowest BCUT2D eigenvalue weighted by atomic mass is 9.98. The fourth-order valence-electron chi connectivity index (χ4n) is 2.60. The average Bonchev–Trinajstić information content (AvgIpc) is 3.38. The molecule has 1 amide bonds. The predicted molar refractivity (Wildman–Crippen MR) is 105 cm³/mol. The molecular formula is C18H21N5OS2. The van der Waals surface area contributed by atoms with Gasteiger partial charge in [0, 0.05) is 5.69 Å². The van der Waals surface area contributed by atoms with Gasteiger partial charge >= 0.3 is 0 Å². The molecule has 8 heteroatoms. The molecule has 1 atom stereocenters. The number of nitrogens with one attached hydrogen (secondary N) is 2. The molecule has 136 valence electrons. The Bertz CT molecular complexity index is 856. The Morgan fingerprint density at radius 1 is 1.38 bits per heavy atom. The average molecular weight is 388 g/mol. The van der Waals surface area contributed by atoms with Crippen LogP contribution in [0.1, 0.15) is 30.9 Å². The summed E-state index contributed by atoms with van der Waals surface area (Å²) in [6.07, 6.45) is 2.00. The number of nitriles is 1. The molecule has 0 radical (unpaired) electrons. The quantitative estimate of drug-likeness (QED) is 0.702. The summed E-state index contributed by atoms with van der Waals surface area (Å²) in [6.45, 7) is 5.94. The highest BCUT2D eigenvalue weighted by molar-refractivity contribution is 8.01. The predicted octanol–water partition coefficient (Wildman–Crippen LogP) is 3.80. The fraction of sp³-hybridized carbons (Fsp3) is 0.444. The summed E-state index contributed by atoms with van der Waals surface area (Å²) < 4.78 is 0.719. The second-order valence-electron chi connectivity index (χ2n) is 6.72. The van der Waals surface area contributed by atoms with Crippen molar-refractivity contribution in [2.45, 2.75) is 43.5 Å². The first-order valence-electron chi connectivity index (χ1n) is 8.42. The van der Waals surface area contributed by atoms with E-state index in [-0.39, 0.29) is 17.6 Å². The Kier molecular flexibility index (Phi) is 5.49. The molecule has 0 spiro atoms. The van der Waals surface area contributed by atoms with Gasteiger partial charge in [-0.2, -0.15) is 5.26 Å². The Hall–Kier alpha value is -2.11. The van der Waals surface area contributed by atoms with Gasteiger partial charge in [-0.3, -0.25) is 4.79 Å². The third-order valence-electron chi connectivity index (χ3n) is 4.52. The third kappa shape index (κ3) is 4.54. The van der Waals surface area contributed by atoms with Gasteiger partial charge in [-0.15, -0.1) is 10.2 Å². The van der Waals surface area contributed by atoms with Crippen molar-refractivity contribution in [3.05, 3.63) is 29.3 Å². The minimum absolute atomic E-state index is 0.148. The zero-order valence-corrected chi connectivity index (χ0v) is 16.6. The number of amides is 1. The highest BCUT2D eigenvalue weighted by Gasteiger charge is 2.42. The van der Waals surface area contributed by atoms with Crippen molar-refractivity contribution >= 4 is 39.8 Å². The van der Waals surface area contributed by atoms with Crippen LogP contribution in [0.25, 0.3) is 0 Å². The summed E-state index contributed by atoms with van der Waals surface area (Å²) in [5.74, 6) is 0.351. The Labute approximate surface area is 161 Å². The molecule has 26 heavy (non-hydrogen) atoms. The number of nitrogens with zero attached hydrogens (tertiary/aromatic N) is 3. The molecule has 1 aromatic carbocycles. The van der Waals surface area contributed by atoms with Crippen molar-refractivity contribution in [1.82, 2.24) is 15.5 Å². The van der Waals surface area contributed by atoms with Gasteiger partial charge in [0.2, 0.25) is 11.0 Å². The van der Waals surface area contributed by atoms with Crippen LogP contribution < -0.4 is 10.6 Å². The number of aromatic nitrogens is 2. The molecule has 2 N–H and O–H groups in total. The van der Waals surface area contributed by atoms with Gasteiger partial charge < -0.3 is 10.6 Å². The van der Waals surface area contributed by atoms with E-state index in [0.717, 1.165) is 22.9 Å². The number of benzene rings is 1. The van der Waals surface area contributed by atoms with E-state index in [2.05, 4.69) is 52.9 Å². The molecule has 0 saturated heterocycles. The van der Waals surface area contributed by atoms with E-state index in [9.17, 15) is 10.1 Å². The van der Waals surface area contributed by atoms with Crippen molar-refractivity contribution in [1.29, 1.82) is 5.26 Å². The van der Waals surface area contributed by atoms with E-state index in [1.165, 1.54) is 34.2 Å². The Balaban J connectivity index is 1.52. The van der Waals surface area contributed by atoms with Crippen LogP contribution in [-0.2, 0) is 4.79 Å². The van der Waals surface area contributed by atoms with Gasteiger partial charge in [-0.25, -0.2) is 0 Å². The molecule has 3 rings (SSSR count). The lowest BCUT2D eigenvalue weighted by Gasteiger charge is -2.22. The highest BCUT2D eigenvalue weighted by Crippen LogP contribution is 2.39. The van der Waals surface area contributed by atoms with Crippen molar-refractivity contribution in [3.63, 3.8) is 0 Å². The minimum Gasteiger partial charge on any atom is -0.337 e. The summed E-state index contributed by atoms with van der Waals surface area (Å²) in [6, 6.07) is 8.36. The normalized spacial score (nSPS) is 15.8. The SMILES string of the molecule is Cc1ccc(Nc2nnc(SCC(=O)N[C@@](C)(C#N)C3CC3)s2)cc1C. The highest BCUT2D eigenvalue weighted by atomic mass is 32.2. The van der Waals surface area contributed by atoms with E-state index in [1.54, 1.807) is 6.92 Å². The van der Waals surface area contributed by atoms with Crippen molar-refractivity contribution in [2.24, 2.45) is 5.92 Å². The van der Waals surface area contributed by atoms with Crippen LogP contribution >= 0.6 is 23.1 Å². The summed E-state index contributed by atoms with van der Waals surface area (Å²) >= 11 is 2.74. The van der Waals surface area contributed by atoms with Gasteiger partial charge in [-0.05, 0) is 62.8 Å². The lowest BCUT2D eigenvalue weighted by Crippen LogP contribution is -2.47. The van der Waals surface area contributed by atoms with Crippen molar-refractivity contribution in [2.75, 3.05) is 11.1 Å². The van der Waals surface area contributed by atoms with Crippen LogP contribution in [0.15, 0.2) is 22.5 Å². The zero-order chi connectivity index (χ0) is 18.7. The number of rotatable bonds is 7. The second-order valence-corrected chi connectivity index (χ2v) is 8.92. The summed E-state index contributed by atoms with van der Waals surface area (Å²) in [5.41, 5.74) is 2.66. The van der Waals surface area contributed by atoms with E-state index < -0.39 is 5.54 Å². The van der Waals surface area contributed by atoms with Crippen LogP contribution in [0, 0.1) is 31.1 Å². The van der Waals surface area contributed by atoms with Gasteiger partial charge in [0.25, 0.3) is 0 Å². The van der Waals surface area contributed by atoms with Crippen LogP contribution in [-0.4, -0.2) is 27.4 Å². The number of hydrogen-bond donors (Lipinski definition) is 2. The van der Waals surface area contributed by atoms with Crippen LogP contribution in [0.4, 0.5) is 10.8 Å². The summed E-state index contributed by atoms with van der Waals surface area (Å²) in [4.78, 5) is 12.1. The number of aryl methyl sites for hydroxylation is 2. The first-order valence-corrected chi connectivity index (χ1v) is 10.2. The first-order chi connectivity index (χ1) is 12.4. The van der Waals surface area contributed by atoms with Crippen LogP contribution in [0.5, 0.6) is 0 Å². The third-order valence-corrected chi connectivity index (χ3v) is 6.49. The maximum Gasteiger partial charge on any atom is 0.231 e. The van der Waals surface area contributed by atoms with E-state index in [0.29, 0.717) is 5.13 Å². The second kappa shape index (κ2) is 7.64. The van der Waals surface area contributed by atoms with E-state index >= 15 is 0 Å². The lowest BCUT2D eigenvalue weighted by molar-refractivity contribution is -0.119. The first kappa shape index (κ1) is 18.7. The number of carbonyl (C=O) groups excluding carboxylic acids is 1. The van der Waals surface area contributed by atoms with E-state index in [4.69, 9.17) is 0 Å². The van der Waals surface area contributed by atoms with Crippen molar-refractivity contribution in [3.8, 4) is 6.07 Å². The fourth-order valence-corrected chi connectivity index (χ4v) is 4.17. The molecule has 0 aliphatic heterocycles. The topological polar surface area (TPSA) is 90.7 Å². The van der Waals surface area contributed by atoms with Gasteiger partial charge in [0.15, 0.2) is 4.34 Å². The molecule has 1 aliphatic carbocycles. The van der Waals surface area contributed by atoms with E-state index in [1.807, 2.05) is 6.07 Å². The molecule has 1 fully saturated rings. The molecule has 6 nitrogen and oxygen atoms in total. The molecule has 0 bridgehead atoms. The number of thioether (sulfide) groups is 1. The smallest absolute Gasteiger partial charge is 0.231 e. The molecule has 0 unspecified atom stereocenters. The monoisotopic (exact) mass is 387 g/mol. The minimum atomic E-state index is -0.755. The molecule has 1 aliphatic rings. The molecule has 1 aromatic heterocycles. The number of carbonyl (C=O) groups is 1. The van der Waals surface area contributed by atoms with Crippen LogP contribution in [0.2, 0.25) is 0 Å². The maximum atomic E-state index is 12.1. The standard InChI is InChI=1S/C18H21N5OS2/c1-11-4-7-14(8-12(11)2)20-16-22-23-17(26-16)25-9-15(24)21-18(3,10-19)13-5-6-13/h4,7-8,13H,5-6,9H2,1-3H3,(H,20,22)(H,21,24)/t18-/m0/s1. The van der Waals surface area contributed by atoms with Crippen molar-refractivity contribution < 1.29 is 4.79 Å². The number of hydrogen-bond acceptors (Lipinski definition) is 7. The van der Waals surface area contributed by atoms with Gasteiger partial charge in [0.05, 0.1) is 11.8 Å². The summed E-state index contributed by atoms with van der Waals surface area (Å²) in [5, 5.41) is 24.3. The molecule has 1 heterocycles. The van der Waals surface area contributed by atoms with Gasteiger partial charge in [0.1, 0.15) is 5.54 Å². The molecule has 1 saturated carbocycles. The Morgan fingerprint density at radius 3 is 2.81 bits per heavy atom.